The van der Waals surface area contributed by atoms with Gasteiger partial charge in [-0.1, -0.05) is 18.2 Å². The molecule has 0 unspecified atom stereocenters. The lowest BCUT2D eigenvalue weighted by molar-refractivity contribution is -0.116. The van der Waals surface area contributed by atoms with Gasteiger partial charge in [0.05, 0.1) is 50.3 Å². The molecule has 2 atom stereocenters. The highest BCUT2D eigenvalue weighted by atomic mass is 79.9. The maximum atomic E-state index is 13.9. The maximum absolute atomic E-state index is 13.9. The van der Waals surface area contributed by atoms with E-state index in [1.165, 1.54) is 0 Å². The summed E-state index contributed by atoms with van der Waals surface area (Å²) in [6.45, 7) is 0. The average molecular weight is 565 g/mol. The molecule has 0 bridgehead atoms. The van der Waals surface area contributed by atoms with Gasteiger partial charge in [0.15, 0.2) is 28.8 Å². The lowest BCUT2D eigenvalue weighted by Crippen LogP contribution is -2.27. The molecule has 0 fully saturated rings. The number of carbonyl (C=O) groups is 1. The lowest BCUT2D eigenvalue weighted by atomic mass is 9.78. The average Bonchev–Trinajstić information content (AvgIpc) is 3.09. The minimum Gasteiger partial charge on any atom is -0.493 e. The van der Waals surface area contributed by atoms with Crippen molar-refractivity contribution in [2.45, 2.75) is 24.8 Å². The molecule has 0 radical (unpaired) electrons. The molecule has 3 aromatic rings. The summed E-state index contributed by atoms with van der Waals surface area (Å²) in [7, 11) is 6.45. The zero-order valence-electron chi connectivity index (χ0n) is 21.2. The molecule has 8 heteroatoms. The molecule has 0 amide bonds. The Morgan fingerprint density at radius 3 is 2.19 bits per heavy atom. The van der Waals surface area contributed by atoms with Crippen molar-refractivity contribution in [3.05, 3.63) is 81.5 Å². The second kappa shape index (κ2) is 10.4. The van der Waals surface area contributed by atoms with E-state index in [0.717, 1.165) is 38.2 Å². The topological polar surface area (TPSA) is 78.1 Å². The van der Waals surface area contributed by atoms with Crippen molar-refractivity contribution in [3.8, 4) is 23.0 Å². The van der Waals surface area contributed by atoms with Crippen LogP contribution in [0.1, 0.15) is 35.9 Å². The molecule has 37 heavy (non-hydrogen) atoms. The summed E-state index contributed by atoms with van der Waals surface area (Å²) < 4.78 is 22.8. The molecule has 0 saturated heterocycles. The third-order valence-corrected chi connectivity index (χ3v) is 7.57. The molecule has 1 aliphatic carbocycles. The highest BCUT2D eigenvalue weighted by molar-refractivity contribution is 9.10. The first-order chi connectivity index (χ1) is 18.0. The van der Waals surface area contributed by atoms with E-state index in [1.54, 1.807) is 28.4 Å². The van der Waals surface area contributed by atoms with Crippen molar-refractivity contribution in [3.63, 3.8) is 0 Å². The van der Waals surface area contributed by atoms with Crippen LogP contribution in [-0.4, -0.2) is 34.2 Å². The Morgan fingerprint density at radius 2 is 1.49 bits per heavy atom. The number of anilines is 2. The van der Waals surface area contributed by atoms with Gasteiger partial charge in [0.1, 0.15) is 0 Å². The molecule has 1 heterocycles. The van der Waals surface area contributed by atoms with Crippen LogP contribution in [0.2, 0.25) is 0 Å². The Kier molecular flexibility index (Phi) is 7.02. The molecular formula is C29H29BrN2O5. The number of para-hydroxylation sites is 2. The smallest absolute Gasteiger partial charge is 0.174 e. The minimum atomic E-state index is -0.374. The number of fused-ring (bicyclic) bond motifs is 1. The molecular weight excluding hydrogens is 536 g/mol. The third-order valence-electron chi connectivity index (χ3n) is 6.98. The fourth-order valence-electron chi connectivity index (χ4n) is 5.19. The number of methoxy groups -OCH3 is 4. The van der Waals surface area contributed by atoms with Gasteiger partial charge in [-0.25, -0.2) is 0 Å². The van der Waals surface area contributed by atoms with E-state index < -0.39 is 0 Å². The first kappa shape index (κ1) is 25.0. The predicted molar refractivity (Wildman–Crippen MR) is 147 cm³/mol. The normalized spacial score (nSPS) is 18.6. The highest BCUT2D eigenvalue weighted by Gasteiger charge is 2.37. The van der Waals surface area contributed by atoms with Crippen LogP contribution in [0.25, 0.3) is 0 Å². The number of ether oxygens (including phenoxy) is 4. The molecule has 3 aromatic carbocycles. The van der Waals surface area contributed by atoms with Crippen LogP contribution in [0, 0.1) is 0 Å². The third kappa shape index (κ3) is 4.62. The van der Waals surface area contributed by atoms with Gasteiger partial charge < -0.3 is 29.6 Å². The fraction of sp³-hybridized carbons (Fsp3) is 0.276. The number of hydrogen-bond acceptors (Lipinski definition) is 7. The summed E-state index contributed by atoms with van der Waals surface area (Å²) >= 11 is 3.61. The summed E-state index contributed by atoms with van der Waals surface area (Å²) in [5.41, 5.74) is 5.42. The highest BCUT2D eigenvalue weighted by Crippen LogP contribution is 2.47. The van der Waals surface area contributed by atoms with Crippen molar-refractivity contribution in [2.24, 2.45) is 0 Å². The summed E-state index contributed by atoms with van der Waals surface area (Å²) in [5, 5.41) is 7.20. The largest absolute Gasteiger partial charge is 0.493 e. The molecule has 5 rings (SSSR count). The van der Waals surface area contributed by atoms with Crippen LogP contribution >= 0.6 is 15.9 Å². The van der Waals surface area contributed by atoms with Crippen LogP contribution in [0.4, 0.5) is 11.4 Å². The van der Waals surface area contributed by atoms with E-state index in [-0.39, 0.29) is 17.7 Å². The Balaban J connectivity index is 1.61. The number of halogens is 1. The molecule has 7 nitrogen and oxygen atoms in total. The van der Waals surface area contributed by atoms with E-state index in [0.29, 0.717) is 35.8 Å². The molecule has 2 aliphatic rings. The van der Waals surface area contributed by atoms with Gasteiger partial charge in [-0.15, -0.1) is 0 Å². The molecule has 1 aliphatic heterocycles. The van der Waals surface area contributed by atoms with Crippen molar-refractivity contribution in [1.29, 1.82) is 0 Å². The number of ketones is 1. The number of benzene rings is 3. The van der Waals surface area contributed by atoms with E-state index in [4.69, 9.17) is 18.9 Å². The first-order valence-electron chi connectivity index (χ1n) is 12.0. The molecule has 192 valence electrons. The van der Waals surface area contributed by atoms with Gasteiger partial charge >= 0.3 is 0 Å². The van der Waals surface area contributed by atoms with Crippen molar-refractivity contribution in [1.82, 2.24) is 0 Å². The van der Waals surface area contributed by atoms with Crippen molar-refractivity contribution in [2.75, 3.05) is 39.1 Å². The summed E-state index contributed by atoms with van der Waals surface area (Å²) in [4.78, 5) is 13.9. The molecule has 2 N–H and O–H groups in total. The Bertz CT molecular complexity index is 1390. The Morgan fingerprint density at radius 1 is 0.784 bits per heavy atom. The maximum Gasteiger partial charge on any atom is 0.174 e. The van der Waals surface area contributed by atoms with Gasteiger partial charge in [-0.2, -0.15) is 0 Å². The van der Waals surface area contributed by atoms with Crippen LogP contribution in [0.5, 0.6) is 23.0 Å². The molecule has 0 aromatic heterocycles. The van der Waals surface area contributed by atoms with Crippen molar-refractivity contribution < 1.29 is 23.7 Å². The van der Waals surface area contributed by atoms with Crippen LogP contribution in [-0.2, 0) is 4.79 Å². The lowest BCUT2D eigenvalue weighted by Gasteiger charge is -2.30. The standard InChI is InChI=1S/C29H29BrN2O5/c1-34-24-10-9-16(14-25(24)35-2)17-12-22-27(23(33)13-17)28(32-21-8-6-5-7-20(21)31-22)18-11-19(30)29(37-4)26(15-18)36-3/h5-11,14-15,17,28,31-32H,12-13H2,1-4H3/t17-,28+/m0/s1. The first-order valence-corrected chi connectivity index (χ1v) is 12.8. The second-order valence-corrected chi connectivity index (χ2v) is 9.88. The summed E-state index contributed by atoms with van der Waals surface area (Å²) in [6.07, 6.45) is 1.07. The zero-order valence-corrected chi connectivity index (χ0v) is 22.8. The monoisotopic (exact) mass is 564 g/mol. The summed E-state index contributed by atoms with van der Waals surface area (Å²) in [6, 6.07) is 17.4. The van der Waals surface area contributed by atoms with Gasteiger partial charge in [0.2, 0.25) is 0 Å². The van der Waals surface area contributed by atoms with E-state index in [9.17, 15) is 4.79 Å². The van der Waals surface area contributed by atoms with Gasteiger partial charge in [0.25, 0.3) is 0 Å². The van der Waals surface area contributed by atoms with Gasteiger partial charge in [-0.3, -0.25) is 4.79 Å². The van der Waals surface area contributed by atoms with Crippen LogP contribution < -0.4 is 29.6 Å². The number of hydrogen-bond donors (Lipinski definition) is 2. The second-order valence-electron chi connectivity index (χ2n) is 9.02. The fourth-order valence-corrected chi connectivity index (χ4v) is 5.81. The Hall–Kier alpha value is -3.65. The quantitative estimate of drug-likeness (QED) is 0.355. The van der Waals surface area contributed by atoms with E-state index in [1.807, 2.05) is 54.6 Å². The van der Waals surface area contributed by atoms with Gasteiger partial charge in [0, 0.05) is 17.7 Å². The molecule has 0 spiro atoms. The number of allylic oxidation sites excluding steroid dienone is 1. The number of rotatable bonds is 6. The van der Waals surface area contributed by atoms with Crippen LogP contribution in [0.15, 0.2) is 70.3 Å². The SMILES string of the molecule is COc1ccc([C@@H]2CC(=O)C3=C(C2)Nc2ccccc2N[C@@H]3c2cc(Br)c(OC)c(OC)c2)cc1OC. The predicted octanol–water partition coefficient (Wildman–Crippen LogP) is 6.46. The summed E-state index contributed by atoms with van der Waals surface area (Å²) in [5.74, 6) is 2.61. The number of Topliss-reactive ketones (excluding diaryl/α,β-unsaturated/α-hetero) is 1. The minimum absolute atomic E-state index is 0.00149. The van der Waals surface area contributed by atoms with Gasteiger partial charge in [-0.05, 0) is 75.8 Å². The Labute approximate surface area is 224 Å². The zero-order chi connectivity index (χ0) is 26.1. The van der Waals surface area contributed by atoms with Crippen LogP contribution in [0.3, 0.4) is 0 Å². The number of nitrogens with one attached hydrogen (secondary N) is 2. The number of carbonyl (C=O) groups excluding carboxylic acids is 1. The van der Waals surface area contributed by atoms with Crippen molar-refractivity contribution >= 4 is 33.1 Å². The van der Waals surface area contributed by atoms with E-state index >= 15 is 0 Å². The van der Waals surface area contributed by atoms with E-state index in [2.05, 4.69) is 26.6 Å². The molecule has 0 saturated carbocycles.